The molecule has 168 valence electrons. The number of pyridine rings is 1. The lowest BCUT2D eigenvalue weighted by Crippen LogP contribution is -2.37. The van der Waals surface area contributed by atoms with Crippen molar-refractivity contribution in [3.63, 3.8) is 0 Å². The summed E-state index contributed by atoms with van der Waals surface area (Å²) in [5.74, 6) is -0.719. The van der Waals surface area contributed by atoms with Gasteiger partial charge in [-0.15, -0.1) is 0 Å². The maximum atomic E-state index is 12.8. The monoisotopic (exact) mass is 454 g/mol. The second-order valence-corrected chi connectivity index (χ2v) is 7.72. The van der Waals surface area contributed by atoms with E-state index >= 15 is 0 Å². The molecule has 0 radical (unpaired) electrons. The van der Waals surface area contributed by atoms with Crippen molar-refractivity contribution in [2.45, 2.75) is 11.6 Å². The topological polar surface area (TPSA) is 162 Å². The van der Waals surface area contributed by atoms with E-state index in [2.05, 4.69) is 20.3 Å². The van der Waals surface area contributed by atoms with Crippen molar-refractivity contribution >= 4 is 27.9 Å². The van der Waals surface area contributed by atoms with E-state index in [1.807, 2.05) is 0 Å². The van der Waals surface area contributed by atoms with E-state index in [4.69, 9.17) is 14.2 Å². The molecule has 2 heterocycles. The first-order valence-corrected chi connectivity index (χ1v) is 10.1. The Morgan fingerprint density at radius 1 is 1.03 bits per heavy atom. The summed E-state index contributed by atoms with van der Waals surface area (Å²) in [6.45, 7) is 0.00258. The molecule has 0 spiro atoms. The molecule has 0 unspecified atom stereocenters. The van der Waals surface area contributed by atoms with E-state index in [1.54, 1.807) is 4.72 Å². The number of anilines is 1. The predicted molar refractivity (Wildman–Crippen MR) is 107 cm³/mol. The molecule has 2 N–H and O–H groups in total. The Labute approximate surface area is 178 Å². The summed E-state index contributed by atoms with van der Waals surface area (Å²) in [4.78, 5) is 37.6. The molecule has 2 aromatic rings. The number of rotatable bonds is 8. The molecule has 0 aliphatic carbocycles. The van der Waals surface area contributed by atoms with Crippen LogP contribution in [0.15, 0.2) is 23.2 Å². The van der Waals surface area contributed by atoms with Gasteiger partial charge >= 0.3 is 6.03 Å². The first kappa shape index (κ1) is 23.8. The Balaban J connectivity index is 2.35. The molecule has 0 fully saturated rings. The molecular formula is C17H22N6O7S. The number of hydrogen-bond acceptors (Lipinski definition) is 10. The van der Waals surface area contributed by atoms with Crippen LogP contribution in [-0.2, 0) is 21.4 Å². The Hall–Kier alpha value is -3.52. The summed E-state index contributed by atoms with van der Waals surface area (Å²) in [5.41, 5.74) is 0.0314. The van der Waals surface area contributed by atoms with Crippen molar-refractivity contribution in [1.29, 1.82) is 0 Å². The second kappa shape index (κ2) is 9.99. The first-order chi connectivity index (χ1) is 14.6. The van der Waals surface area contributed by atoms with Crippen LogP contribution in [0.3, 0.4) is 0 Å². The highest BCUT2D eigenvalue weighted by Gasteiger charge is 2.28. The number of nitrogens with zero attached hydrogens (tertiary/aromatic N) is 4. The maximum Gasteiger partial charge on any atom is 0.335 e. The van der Waals surface area contributed by atoms with Gasteiger partial charge in [-0.05, 0) is 12.1 Å². The Bertz CT molecular complexity index is 1050. The van der Waals surface area contributed by atoms with Crippen LogP contribution in [0.5, 0.6) is 11.8 Å². The lowest BCUT2D eigenvalue weighted by Gasteiger charge is -2.15. The smallest absolute Gasteiger partial charge is 0.335 e. The largest absolute Gasteiger partial charge is 0.481 e. The van der Waals surface area contributed by atoms with Gasteiger partial charge in [0, 0.05) is 21.2 Å². The summed E-state index contributed by atoms with van der Waals surface area (Å²) >= 11 is 0. The number of carbonyl (C=O) groups is 2. The lowest BCUT2D eigenvalue weighted by molar-refractivity contribution is 0.0822. The molecule has 0 saturated heterocycles. The van der Waals surface area contributed by atoms with Crippen LogP contribution < -0.4 is 19.5 Å². The van der Waals surface area contributed by atoms with Crippen LogP contribution in [0.25, 0.3) is 0 Å². The van der Waals surface area contributed by atoms with Crippen LogP contribution in [0.1, 0.15) is 16.1 Å². The van der Waals surface area contributed by atoms with Gasteiger partial charge in [-0.25, -0.2) is 14.5 Å². The summed E-state index contributed by atoms with van der Waals surface area (Å²) in [6.07, 6.45) is 0. The Morgan fingerprint density at radius 2 is 1.65 bits per heavy atom. The molecule has 3 amide bonds. The van der Waals surface area contributed by atoms with Crippen molar-refractivity contribution < 1.29 is 32.2 Å². The number of aromatic nitrogens is 3. The summed E-state index contributed by atoms with van der Waals surface area (Å²) in [6, 6.07) is 2.93. The van der Waals surface area contributed by atoms with Gasteiger partial charge in [0.25, 0.3) is 15.9 Å². The molecule has 0 aromatic carbocycles. The molecular weight excluding hydrogens is 432 g/mol. The fourth-order valence-electron chi connectivity index (χ4n) is 2.28. The van der Waals surface area contributed by atoms with Crippen LogP contribution in [0.4, 0.5) is 10.7 Å². The maximum absolute atomic E-state index is 12.8. The summed E-state index contributed by atoms with van der Waals surface area (Å²) in [7, 11) is 2.45. The van der Waals surface area contributed by atoms with Crippen LogP contribution in [0, 0.1) is 0 Å². The Kier molecular flexibility index (Phi) is 7.66. The van der Waals surface area contributed by atoms with Crippen LogP contribution in [0.2, 0.25) is 0 Å². The predicted octanol–water partition coefficient (Wildman–Crippen LogP) is 0.247. The SMILES string of the molecule is COCc1ccc(C(=O)N(C)C)c(S(=O)(=O)NC(=O)Nc2nc(OC)cc(OC)n2)n1. The zero-order valence-electron chi connectivity index (χ0n) is 17.5. The van der Waals surface area contributed by atoms with E-state index in [0.29, 0.717) is 0 Å². The van der Waals surface area contributed by atoms with E-state index in [0.717, 1.165) is 0 Å². The number of hydrogen-bond donors (Lipinski definition) is 2. The van der Waals surface area contributed by atoms with Crippen molar-refractivity contribution in [2.75, 3.05) is 40.7 Å². The molecule has 14 heteroatoms. The lowest BCUT2D eigenvalue weighted by atomic mass is 10.2. The third-order valence-electron chi connectivity index (χ3n) is 3.65. The van der Waals surface area contributed by atoms with Gasteiger partial charge in [0.15, 0.2) is 5.03 Å². The van der Waals surface area contributed by atoms with Gasteiger partial charge in [0.05, 0.1) is 38.2 Å². The fourth-order valence-corrected chi connectivity index (χ4v) is 3.36. The van der Waals surface area contributed by atoms with Gasteiger partial charge in [-0.2, -0.15) is 18.4 Å². The molecule has 0 aliphatic rings. The van der Waals surface area contributed by atoms with E-state index < -0.39 is 27.0 Å². The van der Waals surface area contributed by atoms with Gasteiger partial charge < -0.3 is 19.1 Å². The standard InChI is InChI=1S/C17H22N6O7S/c1-23(2)15(24)11-7-6-10(9-28-3)18-14(11)31(26,27)22-17(25)21-16-19-12(29-4)8-13(20-16)30-5/h6-8H,9H2,1-5H3,(H2,19,20,21,22,25). The number of ether oxygens (including phenoxy) is 3. The third-order valence-corrected chi connectivity index (χ3v) is 4.93. The summed E-state index contributed by atoms with van der Waals surface area (Å²) < 4.78 is 42.4. The Morgan fingerprint density at radius 3 is 2.16 bits per heavy atom. The number of sulfonamides is 1. The highest BCUT2D eigenvalue weighted by molar-refractivity contribution is 7.90. The molecule has 31 heavy (non-hydrogen) atoms. The van der Waals surface area contributed by atoms with Crippen LogP contribution >= 0.6 is 0 Å². The number of amides is 3. The third kappa shape index (κ3) is 5.99. The fraction of sp³-hybridized carbons (Fsp3) is 0.353. The quantitative estimate of drug-likeness (QED) is 0.565. The van der Waals surface area contributed by atoms with Gasteiger partial charge in [0.2, 0.25) is 17.7 Å². The highest BCUT2D eigenvalue weighted by atomic mass is 32.2. The minimum Gasteiger partial charge on any atom is -0.481 e. The van der Waals surface area contributed by atoms with Crippen LogP contribution in [-0.4, -0.2) is 75.6 Å². The van der Waals surface area contributed by atoms with Gasteiger partial charge in [-0.1, -0.05) is 0 Å². The van der Waals surface area contributed by atoms with Crippen molar-refractivity contribution in [2.24, 2.45) is 0 Å². The number of nitrogens with one attached hydrogen (secondary N) is 2. The van der Waals surface area contributed by atoms with E-state index in [1.165, 1.54) is 58.5 Å². The van der Waals surface area contributed by atoms with E-state index in [9.17, 15) is 18.0 Å². The molecule has 0 atom stereocenters. The minimum atomic E-state index is -4.56. The molecule has 0 bridgehead atoms. The zero-order valence-corrected chi connectivity index (χ0v) is 18.3. The first-order valence-electron chi connectivity index (χ1n) is 8.62. The molecule has 2 rings (SSSR count). The van der Waals surface area contributed by atoms with Crippen molar-refractivity contribution in [3.05, 3.63) is 29.5 Å². The zero-order chi connectivity index (χ0) is 23.2. The van der Waals surface area contributed by atoms with E-state index in [-0.39, 0.29) is 35.6 Å². The number of methoxy groups -OCH3 is 3. The second-order valence-electron chi connectivity index (χ2n) is 6.12. The highest BCUT2D eigenvalue weighted by Crippen LogP contribution is 2.18. The molecule has 0 aliphatic heterocycles. The van der Waals surface area contributed by atoms with Gasteiger partial charge in [-0.3, -0.25) is 10.1 Å². The average Bonchev–Trinajstić information content (AvgIpc) is 2.72. The van der Waals surface area contributed by atoms with Crippen molar-refractivity contribution in [3.8, 4) is 11.8 Å². The summed E-state index contributed by atoms with van der Waals surface area (Å²) in [5, 5.41) is 1.54. The average molecular weight is 454 g/mol. The normalized spacial score (nSPS) is 10.9. The number of carbonyl (C=O) groups excluding carboxylic acids is 2. The number of urea groups is 1. The molecule has 13 nitrogen and oxygen atoms in total. The molecule has 0 saturated carbocycles. The van der Waals surface area contributed by atoms with Crippen molar-refractivity contribution in [1.82, 2.24) is 24.6 Å². The van der Waals surface area contributed by atoms with Gasteiger partial charge in [0.1, 0.15) is 0 Å². The minimum absolute atomic E-state index is 0.00258. The molecule has 2 aromatic heterocycles.